The van der Waals surface area contributed by atoms with Crippen molar-refractivity contribution in [2.75, 3.05) is 0 Å². The number of benzene rings is 1. The number of amides is 1. The van der Waals surface area contributed by atoms with Gasteiger partial charge in [-0.3, -0.25) is 9.48 Å². The SMILES string of the molecule is Cn1nc(-c2ccc(F)cc2)cc1C(=O)NCc1nnc2n1CCC(C(F)(F)F)C2. The van der Waals surface area contributed by atoms with Crippen LogP contribution in [0.15, 0.2) is 30.3 Å². The van der Waals surface area contributed by atoms with Crippen molar-refractivity contribution in [3.8, 4) is 11.3 Å². The monoisotopic (exact) mass is 422 g/mol. The molecule has 0 fully saturated rings. The normalized spacial score (nSPS) is 16.4. The molecular weight excluding hydrogens is 404 g/mol. The third-order valence-electron chi connectivity index (χ3n) is 5.16. The Bertz CT molecular complexity index is 1070. The van der Waals surface area contributed by atoms with Crippen LogP contribution in [0.3, 0.4) is 0 Å². The summed E-state index contributed by atoms with van der Waals surface area (Å²) < 4.78 is 54.9. The number of alkyl halides is 3. The number of aryl methyl sites for hydroxylation is 1. The average molecular weight is 422 g/mol. The molecule has 0 aliphatic carbocycles. The van der Waals surface area contributed by atoms with Gasteiger partial charge in [-0.25, -0.2) is 4.39 Å². The third kappa shape index (κ3) is 3.91. The fourth-order valence-corrected chi connectivity index (χ4v) is 3.49. The van der Waals surface area contributed by atoms with E-state index in [2.05, 4.69) is 20.6 Å². The molecule has 1 unspecified atom stereocenters. The zero-order chi connectivity index (χ0) is 21.5. The van der Waals surface area contributed by atoms with E-state index in [0.29, 0.717) is 17.1 Å². The number of hydrogen-bond acceptors (Lipinski definition) is 4. The van der Waals surface area contributed by atoms with Gasteiger partial charge in [-0.2, -0.15) is 18.3 Å². The number of nitrogens with one attached hydrogen (secondary N) is 1. The molecule has 1 aromatic carbocycles. The van der Waals surface area contributed by atoms with Crippen LogP contribution < -0.4 is 5.32 Å². The van der Waals surface area contributed by atoms with E-state index in [1.807, 2.05) is 0 Å². The van der Waals surface area contributed by atoms with Gasteiger partial charge in [0.1, 0.15) is 17.3 Å². The van der Waals surface area contributed by atoms with Crippen molar-refractivity contribution in [1.29, 1.82) is 0 Å². The van der Waals surface area contributed by atoms with E-state index in [1.165, 1.54) is 16.8 Å². The van der Waals surface area contributed by atoms with E-state index >= 15 is 0 Å². The fourth-order valence-electron chi connectivity index (χ4n) is 3.49. The molecule has 1 aliphatic heterocycles. The van der Waals surface area contributed by atoms with Crippen LogP contribution in [0.5, 0.6) is 0 Å². The zero-order valence-electron chi connectivity index (χ0n) is 15.9. The highest BCUT2D eigenvalue weighted by Gasteiger charge is 2.42. The van der Waals surface area contributed by atoms with Crippen LogP contribution in [-0.2, 0) is 26.6 Å². The molecule has 0 bridgehead atoms. The summed E-state index contributed by atoms with van der Waals surface area (Å²) in [6.45, 7) is 0.178. The summed E-state index contributed by atoms with van der Waals surface area (Å²) in [5.74, 6) is -1.53. The number of halogens is 4. The summed E-state index contributed by atoms with van der Waals surface area (Å²) in [5.41, 5.74) is 1.46. The van der Waals surface area contributed by atoms with E-state index in [9.17, 15) is 22.4 Å². The van der Waals surface area contributed by atoms with Crippen molar-refractivity contribution in [2.24, 2.45) is 13.0 Å². The Balaban J connectivity index is 1.44. The van der Waals surface area contributed by atoms with Crippen LogP contribution in [0.4, 0.5) is 17.6 Å². The molecule has 30 heavy (non-hydrogen) atoms. The number of carbonyl (C=O) groups is 1. The first kappa shape index (κ1) is 20.0. The molecule has 158 valence electrons. The molecule has 7 nitrogen and oxygen atoms in total. The van der Waals surface area contributed by atoms with Gasteiger partial charge in [0, 0.05) is 25.6 Å². The highest BCUT2D eigenvalue weighted by molar-refractivity contribution is 5.93. The van der Waals surface area contributed by atoms with Crippen molar-refractivity contribution < 1.29 is 22.4 Å². The van der Waals surface area contributed by atoms with Gasteiger partial charge in [0.2, 0.25) is 0 Å². The lowest BCUT2D eigenvalue weighted by Crippen LogP contribution is -2.32. The first-order valence-corrected chi connectivity index (χ1v) is 9.28. The number of fused-ring (bicyclic) bond motifs is 1. The molecule has 1 atom stereocenters. The lowest BCUT2D eigenvalue weighted by atomic mass is 9.97. The Morgan fingerprint density at radius 1 is 1.23 bits per heavy atom. The van der Waals surface area contributed by atoms with Gasteiger partial charge >= 0.3 is 6.18 Å². The van der Waals surface area contributed by atoms with Gasteiger partial charge in [-0.1, -0.05) is 0 Å². The Morgan fingerprint density at radius 2 is 1.97 bits per heavy atom. The van der Waals surface area contributed by atoms with Crippen molar-refractivity contribution in [2.45, 2.75) is 32.1 Å². The molecule has 0 saturated heterocycles. The van der Waals surface area contributed by atoms with Crippen LogP contribution in [0.1, 0.15) is 28.6 Å². The van der Waals surface area contributed by atoms with Crippen molar-refractivity contribution in [3.63, 3.8) is 0 Å². The molecule has 1 N–H and O–H groups in total. The maximum absolute atomic E-state index is 13.1. The average Bonchev–Trinajstić information content (AvgIpc) is 3.29. The number of aromatic nitrogens is 5. The summed E-state index contributed by atoms with van der Waals surface area (Å²) >= 11 is 0. The number of rotatable bonds is 4. The Kier molecular flexibility index (Phi) is 5.04. The van der Waals surface area contributed by atoms with Gasteiger partial charge in [-0.05, 0) is 36.8 Å². The van der Waals surface area contributed by atoms with Crippen molar-refractivity contribution in [1.82, 2.24) is 29.9 Å². The van der Waals surface area contributed by atoms with Crippen LogP contribution in [0, 0.1) is 11.7 Å². The standard InChI is InChI=1S/C19H18F4N6O/c1-28-15(9-14(27-28)11-2-4-13(20)5-3-11)18(30)24-10-17-26-25-16-8-12(19(21,22)23)6-7-29(16)17/h2-5,9,12H,6-8,10H2,1H3,(H,24,30). The van der Waals surface area contributed by atoms with Crippen molar-refractivity contribution in [3.05, 3.63) is 53.5 Å². The second-order valence-electron chi connectivity index (χ2n) is 7.14. The lowest BCUT2D eigenvalue weighted by Gasteiger charge is -2.25. The molecule has 0 saturated carbocycles. The molecule has 1 amide bonds. The highest BCUT2D eigenvalue weighted by atomic mass is 19.4. The molecule has 1 aliphatic rings. The summed E-state index contributed by atoms with van der Waals surface area (Å²) in [6.07, 6.45) is -4.52. The molecule has 0 radical (unpaired) electrons. The minimum absolute atomic E-state index is 0.0274. The van der Waals surface area contributed by atoms with Crippen molar-refractivity contribution >= 4 is 5.91 Å². The van der Waals surface area contributed by atoms with E-state index < -0.39 is 18.0 Å². The number of nitrogens with zero attached hydrogens (tertiary/aromatic N) is 5. The second kappa shape index (κ2) is 7.54. The first-order chi connectivity index (χ1) is 14.2. The Hall–Kier alpha value is -3.24. The summed E-state index contributed by atoms with van der Waals surface area (Å²) in [4.78, 5) is 12.6. The first-order valence-electron chi connectivity index (χ1n) is 9.28. The minimum Gasteiger partial charge on any atom is -0.343 e. The fraction of sp³-hybridized carbons (Fsp3) is 0.368. The zero-order valence-corrected chi connectivity index (χ0v) is 15.9. The third-order valence-corrected chi connectivity index (χ3v) is 5.16. The molecule has 2 aromatic heterocycles. The van der Waals surface area contributed by atoms with Gasteiger partial charge in [0.05, 0.1) is 18.2 Å². The minimum atomic E-state index is -4.26. The molecule has 4 rings (SSSR count). The topological polar surface area (TPSA) is 77.6 Å². The smallest absolute Gasteiger partial charge is 0.343 e. The van der Waals surface area contributed by atoms with Crippen LogP contribution in [-0.4, -0.2) is 36.6 Å². The van der Waals surface area contributed by atoms with Gasteiger partial charge in [-0.15, -0.1) is 10.2 Å². The second-order valence-corrected chi connectivity index (χ2v) is 7.14. The van der Waals surface area contributed by atoms with E-state index in [1.54, 1.807) is 29.8 Å². The molecule has 3 aromatic rings. The maximum Gasteiger partial charge on any atom is 0.392 e. The van der Waals surface area contributed by atoms with Crippen LogP contribution in [0.25, 0.3) is 11.3 Å². The van der Waals surface area contributed by atoms with Gasteiger partial charge in [0.25, 0.3) is 5.91 Å². The Labute approximate surface area is 168 Å². The summed E-state index contributed by atoms with van der Waals surface area (Å²) in [7, 11) is 1.61. The largest absolute Gasteiger partial charge is 0.392 e. The van der Waals surface area contributed by atoms with Crippen LogP contribution >= 0.6 is 0 Å². The number of carbonyl (C=O) groups excluding carboxylic acids is 1. The predicted molar refractivity (Wildman–Crippen MR) is 97.7 cm³/mol. The quantitative estimate of drug-likeness (QED) is 0.656. The predicted octanol–water partition coefficient (Wildman–Crippen LogP) is 2.87. The van der Waals surface area contributed by atoms with Gasteiger partial charge in [0.15, 0.2) is 5.82 Å². The molecule has 3 heterocycles. The summed E-state index contributed by atoms with van der Waals surface area (Å²) in [6, 6.07) is 7.32. The van der Waals surface area contributed by atoms with Gasteiger partial charge < -0.3 is 9.88 Å². The van der Waals surface area contributed by atoms with E-state index in [-0.39, 0.29) is 43.3 Å². The lowest BCUT2D eigenvalue weighted by molar-refractivity contribution is -0.179. The highest BCUT2D eigenvalue weighted by Crippen LogP contribution is 2.34. The Morgan fingerprint density at radius 3 is 2.67 bits per heavy atom. The molecule has 0 spiro atoms. The van der Waals surface area contributed by atoms with Crippen LogP contribution in [0.2, 0.25) is 0 Å². The number of hydrogen-bond donors (Lipinski definition) is 1. The van der Waals surface area contributed by atoms with E-state index in [0.717, 1.165) is 0 Å². The van der Waals surface area contributed by atoms with E-state index in [4.69, 9.17) is 0 Å². The summed E-state index contributed by atoms with van der Waals surface area (Å²) in [5, 5.41) is 14.8. The maximum atomic E-state index is 13.1. The molecular formula is C19H18F4N6O. The molecule has 11 heteroatoms.